The van der Waals surface area contributed by atoms with Crippen LogP contribution in [0, 0.1) is 17.8 Å². The predicted octanol–water partition coefficient (Wildman–Crippen LogP) is 2.81. The highest BCUT2D eigenvalue weighted by molar-refractivity contribution is 6.42. The normalized spacial score (nSPS) is 28.1. The van der Waals surface area contributed by atoms with Crippen molar-refractivity contribution in [2.75, 3.05) is 13.1 Å². The van der Waals surface area contributed by atoms with Crippen molar-refractivity contribution in [2.45, 2.75) is 19.4 Å². The highest BCUT2D eigenvalue weighted by Gasteiger charge is 2.57. The van der Waals surface area contributed by atoms with Crippen molar-refractivity contribution in [1.29, 1.82) is 0 Å². The predicted molar refractivity (Wildman–Crippen MR) is 81.0 cm³/mol. The highest BCUT2D eigenvalue weighted by Crippen LogP contribution is 2.49. The average molecular weight is 313 g/mol. The van der Waals surface area contributed by atoms with Crippen LogP contribution >= 0.6 is 23.2 Å². The minimum absolute atomic E-state index is 0.151. The molecule has 3 atom stereocenters. The number of fused-ring (bicyclic) bond motifs is 1. The Hall–Kier alpha value is -0.770. The van der Waals surface area contributed by atoms with E-state index in [0.717, 1.165) is 18.7 Å². The molecule has 1 amide bonds. The molecule has 5 heteroatoms. The van der Waals surface area contributed by atoms with Crippen LogP contribution < -0.4 is 10.6 Å². The van der Waals surface area contributed by atoms with Crippen LogP contribution in [0.15, 0.2) is 18.2 Å². The molecule has 3 nitrogen and oxygen atoms in total. The molecule has 108 valence electrons. The van der Waals surface area contributed by atoms with Gasteiger partial charge in [-0.3, -0.25) is 4.79 Å². The van der Waals surface area contributed by atoms with Gasteiger partial charge in [0.2, 0.25) is 5.91 Å². The Morgan fingerprint density at radius 2 is 1.90 bits per heavy atom. The van der Waals surface area contributed by atoms with Crippen molar-refractivity contribution >= 4 is 29.1 Å². The first-order valence-electron chi connectivity index (χ1n) is 6.88. The van der Waals surface area contributed by atoms with Crippen LogP contribution in [0.3, 0.4) is 0 Å². The molecule has 1 saturated heterocycles. The van der Waals surface area contributed by atoms with Gasteiger partial charge in [0.05, 0.1) is 15.6 Å². The van der Waals surface area contributed by atoms with Gasteiger partial charge in [0, 0.05) is 5.92 Å². The van der Waals surface area contributed by atoms with Gasteiger partial charge in [-0.05, 0) is 56.5 Å². The number of carbonyl (C=O) groups excluding carboxylic acids is 1. The van der Waals surface area contributed by atoms with Gasteiger partial charge in [0.15, 0.2) is 0 Å². The summed E-state index contributed by atoms with van der Waals surface area (Å²) in [7, 11) is 0. The smallest absolute Gasteiger partial charge is 0.224 e. The first-order valence-corrected chi connectivity index (χ1v) is 7.64. The second-order valence-corrected chi connectivity index (χ2v) is 7.07. The Labute approximate surface area is 129 Å². The monoisotopic (exact) mass is 312 g/mol. The van der Waals surface area contributed by atoms with Gasteiger partial charge in [-0.25, -0.2) is 0 Å². The van der Waals surface area contributed by atoms with E-state index in [9.17, 15) is 4.79 Å². The second-order valence-electron chi connectivity index (χ2n) is 6.25. The van der Waals surface area contributed by atoms with Crippen LogP contribution in [0.4, 0.5) is 0 Å². The SMILES string of the molecule is CC(C)(NC(=O)C1[C@H]2CNC[C@@H]12)c1ccc(Cl)c(Cl)c1. The number of hydrogen-bond donors (Lipinski definition) is 2. The Morgan fingerprint density at radius 3 is 2.50 bits per heavy atom. The molecule has 1 aliphatic heterocycles. The number of nitrogens with one attached hydrogen (secondary N) is 2. The third-order valence-electron chi connectivity index (χ3n) is 4.47. The van der Waals surface area contributed by atoms with Crippen molar-refractivity contribution in [3.8, 4) is 0 Å². The molecular weight excluding hydrogens is 295 g/mol. The molecule has 0 radical (unpaired) electrons. The lowest BCUT2D eigenvalue weighted by atomic mass is 9.94. The van der Waals surface area contributed by atoms with Crippen LogP contribution in [0.25, 0.3) is 0 Å². The molecule has 0 spiro atoms. The van der Waals surface area contributed by atoms with E-state index >= 15 is 0 Å². The third kappa shape index (κ3) is 2.43. The first-order chi connectivity index (χ1) is 9.40. The summed E-state index contributed by atoms with van der Waals surface area (Å²) in [4.78, 5) is 12.4. The van der Waals surface area contributed by atoms with Crippen LogP contribution in [0.5, 0.6) is 0 Å². The largest absolute Gasteiger partial charge is 0.347 e. The minimum Gasteiger partial charge on any atom is -0.347 e. The van der Waals surface area contributed by atoms with Gasteiger partial charge in [0.1, 0.15) is 0 Å². The van der Waals surface area contributed by atoms with Crippen LogP contribution in [0.2, 0.25) is 10.0 Å². The van der Waals surface area contributed by atoms with Gasteiger partial charge in [0.25, 0.3) is 0 Å². The number of carbonyl (C=O) groups is 1. The van der Waals surface area contributed by atoms with Gasteiger partial charge < -0.3 is 10.6 Å². The highest BCUT2D eigenvalue weighted by atomic mass is 35.5. The molecule has 1 unspecified atom stereocenters. The van der Waals surface area contributed by atoms with Crippen molar-refractivity contribution < 1.29 is 4.79 Å². The summed E-state index contributed by atoms with van der Waals surface area (Å²) in [5.41, 5.74) is 0.513. The lowest BCUT2D eigenvalue weighted by molar-refractivity contribution is -0.124. The molecule has 1 aromatic rings. The van der Waals surface area contributed by atoms with E-state index in [1.54, 1.807) is 6.07 Å². The molecule has 20 heavy (non-hydrogen) atoms. The Kier molecular flexibility index (Phi) is 3.47. The lowest BCUT2D eigenvalue weighted by Gasteiger charge is -2.27. The van der Waals surface area contributed by atoms with E-state index in [0.29, 0.717) is 21.9 Å². The minimum atomic E-state index is -0.449. The van der Waals surface area contributed by atoms with Crippen molar-refractivity contribution in [3.63, 3.8) is 0 Å². The molecule has 1 aliphatic carbocycles. The summed E-state index contributed by atoms with van der Waals surface area (Å²) in [6.45, 7) is 5.91. The molecule has 1 saturated carbocycles. The van der Waals surface area contributed by atoms with Crippen molar-refractivity contribution in [2.24, 2.45) is 17.8 Å². The fourth-order valence-corrected chi connectivity index (χ4v) is 3.45. The number of piperidine rings is 1. The second kappa shape index (κ2) is 4.90. The Balaban J connectivity index is 1.71. The zero-order valence-corrected chi connectivity index (χ0v) is 13.1. The average Bonchev–Trinajstić information content (AvgIpc) is 2.87. The van der Waals surface area contributed by atoms with Crippen LogP contribution in [-0.2, 0) is 10.3 Å². The standard InChI is InChI=1S/C15H18Cl2N2O/c1-15(2,8-3-4-11(16)12(17)5-8)19-14(20)13-9-6-18-7-10(9)13/h3-5,9-10,13,18H,6-7H2,1-2H3,(H,19,20)/t9-,10+,13?. The molecule has 2 aliphatic rings. The zero-order chi connectivity index (χ0) is 14.5. The first kappa shape index (κ1) is 14.2. The Morgan fingerprint density at radius 1 is 1.25 bits per heavy atom. The molecule has 0 aromatic heterocycles. The third-order valence-corrected chi connectivity index (χ3v) is 5.21. The number of halogens is 2. The molecule has 1 heterocycles. The van der Waals surface area contributed by atoms with E-state index in [2.05, 4.69) is 10.6 Å². The summed E-state index contributed by atoms with van der Waals surface area (Å²) in [6.07, 6.45) is 0. The molecule has 2 fully saturated rings. The van der Waals surface area contributed by atoms with E-state index in [4.69, 9.17) is 23.2 Å². The number of benzene rings is 1. The van der Waals surface area contributed by atoms with Crippen LogP contribution in [-0.4, -0.2) is 19.0 Å². The van der Waals surface area contributed by atoms with E-state index in [1.165, 1.54) is 0 Å². The van der Waals surface area contributed by atoms with Gasteiger partial charge in [-0.15, -0.1) is 0 Å². The van der Waals surface area contributed by atoms with Crippen molar-refractivity contribution in [1.82, 2.24) is 10.6 Å². The van der Waals surface area contributed by atoms with Crippen LogP contribution in [0.1, 0.15) is 19.4 Å². The summed E-state index contributed by atoms with van der Waals surface area (Å²) in [5.74, 6) is 1.38. The zero-order valence-electron chi connectivity index (χ0n) is 11.5. The number of hydrogen-bond acceptors (Lipinski definition) is 2. The quantitative estimate of drug-likeness (QED) is 0.901. The molecular formula is C15H18Cl2N2O. The van der Waals surface area contributed by atoms with E-state index in [1.807, 2.05) is 26.0 Å². The molecule has 2 N–H and O–H groups in total. The van der Waals surface area contributed by atoms with E-state index < -0.39 is 5.54 Å². The molecule has 1 aromatic carbocycles. The number of rotatable bonds is 3. The van der Waals surface area contributed by atoms with Gasteiger partial charge in [-0.1, -0.05) is 29.3 Å². The van der Waals surface area contributed by atoms with E-state index in [-0.39, 0.29) is 11.8 Å². The van der Waals surface area contributed by atoms with Crippen molar-refractivity contribution in [3.05, 3.63) is 33.8 Å². The van der Waals surface area contributed by atoms with Gasteiger partial charge >= 0.3 is 0 Å². The maximum atomic E-state index is 12.4. The molecule has 0 bridgehead atoms. The van der Waals surface area contributed by atoms with Gasteiger partial charge in [-0.2, -0.15) is 0 Å². The fraction of sp³-hybridized carbons (Fsp3) is 0.533. The lowest BCUT2D eigenvalue weighted by Crippen LogP contribution is -2.43. The maximum Gasteiger partial charge on any atom is 0.224 e. The summed E-state index contributed by atoms with van der Waals surface area (Å²) in [5, 5.41) is 7.49. The summed E-state index contributed by atoms with van der Waals surface area (Å²) in [6, 6.07) is 5.49. The molecule has 3 rings (SSSR count). The summed E-state index contributed by atoms with van der Waals surface area (Å²) >= 11 is 12.0. The maximum absolute atomic E-state index is 12.4. The summed E-state index contributed by atoms with van der Waals surface area (Å²) < 4.78 is 0. The fourth-order valence-electron chi connectivity index (χ4n) is 3.16. The number of amides is 1. The Bertz CT molecular complexity index is 549. The topological polar surface area (TPSA) is 41.1 Å².